The van der Waals surface area contributed by atoms with Gasteiger partial charge in [0, 0.05) is 24.2 Å². The summed E-state index contributed by atoms with van der Waals surface area (Å²) in [6.45, 7) is 4.88. The first-order valence-electron chi connectivity index (χ1n) is 5.80. The molecule has 92 valence electrons. The second-order valence-corrected chi connectivity index (χ2v) is 4.78. The van der Waals surface area contributed by atoms with Gasteiger partial charge in [0.25, 0.3) is 0 Å². The quantitative estimate of drug-likeness (QED) is 0.843. The molecule has 4 heteroatoms. The first kappa shape index (κ1) is 11.8. The highest BCUT2D eigenvalue weighted by molar-refractivity contribution is 5.71. The zero-order valence-corrected chi connectivity index (χ0v) is 10.1. The predicted octanol–water partition coefficient (Wildman–Crippen LogP) is 2.18. The van der Waals surface area contributed by atoms with Gasteiger partial charge in [0.15, 0.2) is 0 Å². The van der Waals surface area contributed by atoms with E-state index in [1.807, 2.05) is 6.07 Å². The molecular formula is C13H17NO3. The second-order valence-electron chi connectivity index (χ2n) is 4.78. The Morgan fingerprint density at radius 1 is 1.53 bits per heavy atom. The summed E-state index contributed by atoms with van der Waals surface area (Å²) in [5, 5.41) is 18.4. The van der Waals surface area contributed by atoms with Gasteiger partial charge >= 0.3 is 5.97 Å². The highest BCUT2D eigenvalue weighted by Crippen LogP contribution is 2.40. The fraction of sp³-hybridized carbons (Fsp3) is 0.462. The van der Waals surface area contributed by atoms with Gasteiger partial charge in [-0.3, -0.25) is 4.79 Å². The summed E-state index contributed by atoms with van der Waals surface area (Å²) in [4.78, 5) is 13.0. The Balaban J connectivity index is 2.37. The molecule has 1 heterocycles. The van der Waals surface area contributed by atoms with Gasteiger partial charge in [-0.1, -0.05) is 0 Å². The molecule has 1 aliphatic heterocycles. The number of fused-ring (bicyclic) bond motifs is 1. The van der Waals surface area contributed by atoms with Crippen LogP contribution in [0, 0.1) is 0 Å². The standard InChI is InChI=1S/C13H17NO3/c1-8(2)14-7-9(5-13(16)17)11-6-10(15)3-4-12(11)14/h3-4,6,8-9,15H,5,7H2,1-2H3,(H,16,17). The zero-order chi connectivity index (χ0) is 12.6. The summed E-state index contributed by atoms with van der Waals surface area (Å²) in [5.41, 5.74) is 1.99. The maximum absolute atomic E-state index is 10.8. The molecule has 2 N–H and O–H groups in total. The summed E-state index contributed by atoms with van der Waals surface area (Å²) in [6.07, 6.45) is 0.111. The highest BCUT2D eigenvalue weighted by atomic mass is 16.4. The van der Waals surface area contributed by atoms with Crippen molar-refractivity contribution < 1.29 is 15.0 Å². The number of carboxylic acids is 1. The van der Waals surface area contributed by atoms with Gasteiger partial charge in [-0.05, 0) is 37.6 Å². The van der Waals surface area contributed by atoms with E-state index in [-0.39, 0.29) is 18.1 Å². The fourth-order valence-electron chi connectivity index (χ4n) is 2.44. The van der Waals surface area contributed by atoms with Gasteiger partial charge in [0.1, 0.15) is 5.75 Å². The van der Waals surface area contributed by atoms with Crippen molar-refractivity contribution in [1.29, 1.82) is 0 Å². The third-order valence-electron chi connectivity index (χ3n) is 3.22. The van der Waals surface area contributed by atoms with Crippen molar-refractivity contribution in [3.05, 3.63) is 23.8 Å². The highest BCUT2D eigenvalue weighted by Gasteiger charge is 2.31. The molecule has 2 rings (SSSR count). The molecule has 17 heavy (non-hydrogen) atoms. The van der Waals surface area contributed by atoms with Gasteiger partial charge in [0.2, 0.25) is 0 Å². The summed E-state index contributed by atoms with van der Waals surface area (Å²) in [7, 11) is 0. The van der Waals surface area contributed by atoms with Crippen molar-refractivity contribution in [2.45, 2.75) is 32.2 Å². The van der Waals surface area contributed by atoms with Crippen molar-refractivity contribution in [2.75, 3.05) is 11.4 Å². The number of nitrogens with zero attached hydrogens (tertiary/aromatic N) is 1. The number of benzene rings is 1. The normalized spacial score (nSPS) is 18.5. The van der Waals surface area contributed by atoms with Crippen molar-refractivity contribution in [3.8, 4) is 5.75 Å². The molecular weight excluding hydrogens is 218 g/mol. The van der Waals surface area contributed by atoms with Crippen LogP contribution in [0.25, 0.3) is 0 Å². The fourth-order valence-corrected chi connectivity index (χ4v) is 2.44. The summed E-state index contributed by atoms with van der Waals surface area (Å²) < 4.78 is 0. The average Bonchev–Trinajstić information content (AvgIpc) is 2.56. The van der Waals surface area contributed by atoms with E-state index < -0.39 is 5.97 Å². The molecule has 1 aromatic carbocycles. The number of aromatic hydroxyl groups is 1. The first-order chi connectivity index (χ1) is 7.99. The van der Waals surface area contributed by atoms with Crippen LogP contribution >= 0.6 is 0 Å². The zero-order valence-electron chi connectivity index (χ0n) is 10.1. The molecule has 0 radical (unpaired) electrons. The number of rotatable bonds is 3. The molecule has 0 spiro atoms. The first-order valence-corrected chi connectivity index (χ1v) is 5.80. The Morgan fingerprint density at radius 3 is 2.82 bits per heavy atom. The second kappa shape index (κ2) is 4.28. The molecule has 1 aliphatic rings. The molecule has 0 bridgehead atoms. The van der Waals surface area contributed by atoms with Crippen LogP contribution in [0.15, 0.2) is 18.2 Å². The van der Waals surface area contributed by atoms with Crippen molar-refractivity contribution in [2.24, 2.45) is 0 Å². The number of carbonyl (C=O) groups is 1. The Hall–Kier alpha value is -1.71. The van der Waals surface area contributed by atoms with Gasteiger partial charge in [-0.25, -0.2) is 0 Å². The van der Waals surface area contributed by atoms with E-state index in [0.29, 0.717) is 12.6 Å². The van der Waals surface area contributed by atoms with Crippen LogP contribution in [0.1, 0.15) is 31.7 Å². The van der Waals surface area contributed by atoms with Crippen molar-refractivity contribution in [1.82, 2.24) is 0 Å². The number of carboxylic acid groups (broad SMARTS) is 1. The lowest BCUT2D eigenvalue weighted by atomic mass is 9.98. The van der Waals surface area contributed by atoms with Gasteiger partial charge in [0.05, 0.1) is 6.42 Å². The van der Waals surface area contributed by atoms with Crippen LogP contribution in [-0.2, 0) is 4.79 Å². The maximum Gasteiger partial charge on any atom is 0.304 e. The summed E-state index contributed by atoms with van der Waals surface area (Å²) in [5.74, 6) is -0.628. The molecule has 1 atom stereocenters. The minimum absolute atomic E-state index is 0.0306. The van der Waals surface area contributed by atoms with Crippen LogP contribution in [0.2, 0.25) is 0 Å². The number of anilines is 1. The summed E-state index contributed by atoms with van der Waals surface area (Å²) >= 11 is 0. The Labute approximate surface area is 100 Å². The largest absolute Gasteiger partial charge is 0.508 e. The van der Waals surface area contributed by atoms with Crippen molar-refractivity contribution >= 4 is 11.7 Å². The van der Waals surface area contributed by atoms with E-state index in [1.54, 1.807) is 12.1 Å². The van der Waals surface area contributed by atoms with Crippen LogP contribution in [0.3, 0.4) is 0 Å². The van der Waals surface area contributed by atoms with Crippen LogP contribution < -0.4 is 4.90 Å². The number of phenolic OH excluding ortho intramolecular Hbond substituents is 1. The van der Waals surface area contributed by atoms with E-state index in [2.05, 4.69) is 18.7 Å². The van der Waals surface area contributed by atoms with E-state index in [9.17, 15) is 9.90 Å². The topological polar surface area (TPSA) is 60.8 Å². The van der Waals surface area contributed by atoms with E-state index in [4.69, 9.17) is 5.11 Å². The molecule has 1 unspecified atom stereocenters. The molecule has 0 fully saturated rings. The molecule has 0 aliphatic carbocycles. The maximum atomic E-state index is 10.8. The molecule has 0 saturated carbocycles. The lowest BCUT2D eigenvalue weighted by molar-refractivity contribution is -0.137. The third kappa shape index (κ3) is 2.20. The van der Waals surface area contributed by atoms with Crippen molar-refractivity contribution in [3.63, 3.8) is 0 Å². The Bertz CT molecular complexity index is 442. The smallest absolute Gasteiger partial charge is 0.304 e. The third-order valence-corrected chi connectivity index (χ3v) is 3.22. The van der Waals surface area contributed by atoms with E-state index in [0.717, 1.165) is 11.3 Å². The summed E-state index contributed by atoms with van der Waals surface area (Å²) in [6, 6.07) is 5.53. The molecule has 0 saturated heterocycles. The van der Waals surface area contributed by atoms with Crippen LogP contribution in [-0.4, -0.2) is 28.8 Å². The molecule has 4 nitrogen and oxygen atoms in total. The monoisotopic (exact) mass is 235 g/mol. The van der Waals surface area contributed by atoms with E-state index >= 15 is 0 Å². The Morgan fingerprint density at radius 2 is 2.24 bits per heavy atom. The minimum atomic E-state index is -0.796. The Kier molecular flexibility index (Phi) is 2.96. The number of aliphatic carboxylic acids is 1. The lowest BCUT2D eigenvalue weighted by Gasteiger charge is -2.24. The predicted molar refractivity (Wildman–Crippen MR) is 65.6 cm³/mol. The van der Waals surface area contributed by atoms with Crippen LogP contribution in [0.5, 0.6) is 5.75 Å². The van der Waals surface area contributed by atoms with Crippen LogP contribution in [0.4, 0.5) is 5.69 Å². The van der Waals surface area contributed by atoms with Gasteiger partial charge in [-0.15, -0.1) is 0 Å². The SMILES string of the molecule is CC(C)N1CC(CC(=O)O)c2cc(O)ccc21. The minimum Gasteiger partial charge on any atom is -0.508 e. The van der Waals surface area contributed by atoms with Gasteiger partial charge in [-0.2, -0.15) is 0 Å². The molecule has 0 amide bonds. The molecule has 1 aromatic rings. The average molecular weight is 235 g/mol. The molecule has 0 aromatic heterocycles. The number of hydrogen-bond acceptors (Lipinski definition) is 3. The number of phenols is 1. The van der Waals surface area contributed by atoms with E-state index in [1.165, 1.54) is 0 Å². The lowest BCUT2D eigenvalue weighted by Crippen LogP contribution is -2.29. The van der Waals surface area contributed by atoms with Gasteiger partial charge < -0.3 is 15.1 Å². The number of hydrogen-bond donors (Lipinski definition) is 2.